The highest BCUT2D eigenvalue weighted by Gasteiger charge is 2.45. The lowest BCUT2D eigenvalue weighted by Gasteiger charge is -2.26. The van der Waals surface area contributed by atoms with Crippen molar-refractivity contribution in [2.24, 2.45) is 0 Å². The van der Waals surface area contributed by atoms with E-state index in [9.17, 15) is 19.8 Å². The predicted octanol–water partition coefficient (Wildman–Crippen LogP) is 3.54. The minimum atomic E-state index is -0.796. The van der Waals surface area contributed by atoms with Gasteiger partial charge in [-0.05, 0) is 78.9 Å². The highest BCUT2D eigenvalue weighted by atomic mass is 79.9. The van der Waals surface area contributed by atoms with Crippen LogP contribution in [0.4, 0.5) is 0 Å². The van der Waals surface area contributed by atoms with E-state index >= 15 is 0 Å². The zero-order chi connectivity index (χ0) is 22.7. The topological polar surface area (TPSA) is 90.3 Å². The SMILES string of the molecule is COc1ccc(/C(O)=C2/C(=O)C(=O)N(CCCN(C)C)C2c2cccc(O)c2)cc1Br. The van der Waals surface area contributed by atoms with Gasteiger partial charge >= 0.3 is 0 Å². The molecule has 1 fully saturated rings. The molecule has 164 valence electrons. The lowest BCUT2D eigenvalue weighted by atomic mass is 9.95. The van der Waals surface area contributed by atoms with Gasteiger partial charge in [-0.25, -0.2) is 0 Å². The number of likely N-dealkylation sites (tertiary alicyclic amines) is 1. The number of aromatic hydroxyl groups is 1. The lowest BCUT2D eigenvalue weighted by Crippen LogP contribution is -2.32. The highest BCUT2D eigenvalue weighted by Crippen LogP contribution is 2.41. The number of Topliss-reactive ketones (excluding diaryl/α,β-unsaturated/α-hetero) is 1. The number of phenolic OH excluding ortho intramolecular Hbond substituents is 1. The van der Waals surface area contributed by atoms with Gasteiger partial charge in [0.05, 0.1) is 23.2 Å². The minimum Gasteiger partial charge on any atom is -0.508 e. The van der Waals surface area contributed by atoms with Gasteiger partial charge in [0.25, 0.3) is 11.7 Å². The number of hydrogen-bond donors (Lipinski definition) is 2. The summed E-state index contributed by atoms with van der Waals surface area (Å²) < 4.78 is 5.83. The van der Waals surface area contributed by atoms with E-state index in [2.05, 4.69) is 15.9 Å². The molecule has 1 aliphatic rings. The number of methoxy groups -OCH3 is 1. The third kappa shape index (κ3) is 4.75. The fourth-order valence-electron chi connectivity index (χ4n) is 3.68. The number of halogens is 1. The molecule has 1 atom stereocenters. The highest BCUT2D eigenvalue weighted by molar-refractivity contribution is 9.10. The molecule has 2 aromatic carbocycles. The average Bonchev–Trinajstić information content (AvgIpc) is 2.98. The number of nitrogens with zero attached hydrogens (tertiary/aromatic N) is 2. The molecule has 0 bridgehead atoms. The van der Waals surface area contributed by atoms with Gasteiger partial charge in [-0.1, -0.05) is 12.1 Å². The van der Waals surface area contributed by atoms with Crippen molar-refractivity contribution in [3.63, 3.8) is 0 Å². The number of aliphatic hydroxyl groups excluding tert-OH is 1. The van der Waals surface area contributed by atoms with E-state index in [1.807, 2.05) is 19.0 Å². The summed E-state index contributed by atoms with van der Waals surface area (Å²) in [6, 6.07) is 10.5. The van der Waals surface area contributed by atoms with Gasteiger partial charge in [-0.2, -0.15) is 0 Å². The largest absolute Gasteiger partial charge is 0.508 e. The first kappa shape index (κ1) is 22.8. The van der Waals surface area contributed by atoms with Crippen LogP contribution < -0.4 is 4.74 Å². The minimum absolute atomic E-state index is 0.00230. The van der Waals surface area contributed by atoms with Crippen molar-refractivity contribution in [1.82, 2.24) is 9.80 Å². The zero-order valence-electron chi connectivity index (χ0n) is 17.6. The maximum Gasteiger partial charge on any atom is 0.295 e. The van der Waals surface area contributed by atoms with Crippen LogP contribution >= 0.6 is 15.9 Å². The Bertz CT molecular complexity index is 1030. The molecule has 1 heterocycles. The normalized spacial score (nSPS) is 18.1. The summed E-state index contributed by atoms with van der Waals surface area (Å²) >= 11 is 3.38. The van der Waals surface area contributed by atoms with Gasteiger partial charge < -0.3 is 24.7 Å². The summed E-state index contributed by atoms with van der Waals surface area (Å²) in [5.41, 5.74) is 0.930. The molecule has 8 heteroatoms. The average molecular weight is 489 g/mol. The number of aliphatic hydroxyl groups is 1. The molecule has 2 N–H and O–H groups in total. The second kappa shape index (κ2) is 9.53. The molecule has 0 radical (unpaired) electrons. The maximum atomic E-state index is 13.0. The van der Waals surface area contributed by atoms with E-state index in [0.29, 0.717) is 34.3 Å². The molecule has 1 saturated heterocycles. The van der Waals surface area contributed by atoms with Crippen molar-refractivity contribution >= 4 is 33.4 Å². The van der Waals surface area contributed by atoms with Crippen LogP contribution in [0, 0.1) is 0 Å². The standard InChI is InChI=1S/C23H25BrN2O5/c1-25(2)10-5-11-26-20(14-6-4-7-16(27)12-14)19(22(29)23(26)30)21(28)15-8-9-18(31-3)17(24)13-15/h4,6-9,12-13,20,27-28H,5,10-11H2,1-3H3/b21-19-. The Balaban J connectivity index is 2.11. The first-order valence-electron chi connectivity index (χ1n) is 9.80. The van der Waals surface area contributed by atoms with Gasteiger partial charge in [0.2, 0.25) is 0 Å². The van der Waals surface area contributed by atoms with Crippen LogP contribution in [0.25, 0.3) is 5.76 Å². The van der Waals surface area contributed by atoms with Crippen LogP contribution in [-0.2, 0) is 9.59 Å². The van der Waals surface area contributed by atoms with Crippen molar-refractivity contribution < 1.29 is 24.5 Å². The first-order valence-corrected chi connectivity index (χ1v) is 10.6. The molecule has 1 unspecified atom stereocenters. The Labute approximate surface area is 189 Å². The molecule has 2 aromatic rings. The summed E-state index contributed by atoms with van der Waals surface area (Å²) in [5.74, 6) is -1.09. The summed E-state index contributed by atoms with van der Waals surface area (Å²) in [6.45, 7) is 1.08. The Morgan fingerprint density at radius 2 is 1.94 bits per heavy atom. The molecule has 0 saturated carbocycles. The molecule has 0 aromatic heterocycles. The number of phenols is 1. The number of benzene rings is 2. The molecule has 0 aliphatic carbocycles. The monoisotopic (exact) mass is 488 g/mol. The summed E-state index contributed by atoms with van der Waals surface area (Å²) in [6.07, 6.45) is 0.656. The second-order valence-corrected chi connectivity index (χ2v) is 8.45. The Morgan fingerprint density at radius 3 is 2.55 bits per heavy atom. The van der Waals surface area contributed by atoms with Gasteiger partial charge in [0, 0.05) is 12.1 Å². The molecule has 1 amide bonds. The summed E-state index contributed by atoms with van der Waals surface area (Å²) in [4.78, 5) is 29.3. The number of amides is 1. The Morgan fingerprint density at radius 1 is 1.19 bits per heavy atom. The number of carbonyl (C=O) groups excluding carboxylic acids is 2. The number of hydrogen-bond acceptors (Lipinski definition) is 6. The van der Waals surface area contributed by atoms with Crippen LogP contribution in [0.1, 0.15) is 23.6 Å². The van der Waals surface area contributed by atoms with Crippen molar-refractivity contribution in [1.29, 1.82) is 0 Å². The van der Waals surface area contributed by atoms with Crippen LogP contribution in [-0.4, -0.2) is 66.0 Å². The number of carbonyl (C=O) groups is 2. The van der Waals surface area contributed by atoms with Crippen molar-refractivity contribution in [3.05, 3.63) is 63.6 Å². The molecule has 1 aliphatic heterocycles. The Kier molecular flexibility index (Phi) is 7.02. The van der Waals surface area contributed by atoms with Crippen LogP contribution in [0.5, 0.6) is 11.5 Å². The van der Waals surface area contributed by atoms with Crippen molar-refractivity contribution in [2.75, 3.05) is 34.3 Å². The fourth-order valence-corrected chi connectivity index (χ4v) is 4.22. The van der Waals surface area contributed by atoms with E-state index in [1.165, 1.54) is 24.1 Å². The van der Waals surface area contributed by atoms with Crippen molar-refractivity contribution in [3.8, 4) is 11.5 Å². The van der Waals surface area contributed by atoms with E-state index in [0.717, 1.165) is 6.54 Å². The van der Waals surface area contributed by atoms with Crippen LogP contribution in [0.15, 0.2) is 52.5 Å². The van der Waals surface area contributed by atoms with E-state index < -0.39 is 17.7 Å². The van der Waals surface area contributed by atoms with Gasteiger partial charge in [0.1, 0.15) is 17.3 Å². The lowest BCUT2D eigenvalue weighted by molar-refractivity contribution is -0.139. The maximum absolute atomic E-state index is 13.0. The molecule has 31 heavy (non-hydrogen) atoms. The number of ether oxygens (including phenoxy) is 1. The third-order valence-corrected chi connectivity index (χ3v) is 5.78. The van der Waals surface area contributed by atoms with E-state index in [1.54, 1.807) is 30.3 Å². The van der Waals surface area contributed by atoms with Gasteiger partial charge in [-0.3, -0.25) is 9.59 Å². The summed E-state index contributed by atoms with van der Waals surface area (Å²) in [5, 5.41) is 21.1. The van der Waals surface area contributed by atoms with E-state index in [4.69, 9.17) is 4.74 Å². The smallest absolute Gasteiger partial charge is 0.295 e. The molecule has 0 spiro atoms. The van der Waals surface area contributed by atoms with Gasteiger partial charge in [-0.15, -0.1) is 0 Å². The Hall–Kier alpha value is -2.84. The number of rotatable bonds is 7. The number of ketones is 1. The predicted molar refractivity (Wildman–Crippen MR) is 121 cm³/mol. The molecule has 7 nitrogen and oxygen atoms in total. The quantitative estimate of drug-likeness (QED) is 0.352. The second-order valence-electron chi connectivity index (χ2n) is 7.59. The first-order chi connectivity index (χ1) is 14.7. The van der Waals surface area contributed by atoms with E-state index in [-0.39, 0.29) is 17.1 Å². The summed E-state index contributed by atoms with van der Waals surface area (Å²) in [7, 11) is 5.39. The molecular formula is C23H25BrN2O5. The van der Waals surface area contributed by atoms with Crippen LogP contribution in [0.3, 0.4) is 0 Å². The fraction of sp³-hybridized carbons (Fsp3) is 0.304. The van der Waals surface area contributed by atoms with Crippen molar-refractivity contribution in [2.45, 2.75) is 12.5 Å². The molecule has 3 rings (SSSR count). The molecular weight excluding hydrogens is 464 g/mol. The third-order valence-electron chi connectivity index (χ3n) is 5.16. The zero-order valence-corrected chi connectivity index (χ0v) is 19.2. The van der Waals surface area contributed by atoms with Crippen LogP contribution in [0.2, 0.25) is 0 Å². The van der Waals surface area contributed by atoms with Gasteiger partial charge in [0.15, 0.2) is 0 Å².